The summed E-state index contributed by atoms with van der Waals surface area (Å²) in [4.78, 5) is 0. The molecule has 0 radical (unpaired) electrons. The molecule has 4 heteroatoms. The Morgan fingerprint density at radius 1 is 1.44 bits per heavy atom. The highest BCUT2D eigenvalue weighted by molar-refractivity contribution is 6.30. The highest BCUT2D eigenvalue weighted by Gasteiger charge is 2.33. The molecule has 0 spiro atoms. The quantitative estimate of drug-likeness (QED) is 0.886. The van der Waals surface area contributed by atoms with Gasteiger partial charge >= 0.3 is 0 Å². The Morgan fingerprint density at radius 2 is 2.11 bits per heavy atom. The fraction of sp³-hybridized carbons (Fsp3) is 0.571. The fourth-order valence-electron chi connectivity index (χ4n) is 2.66. The lowest BCUT2D eigenvalue weighted by molar-refractivity contribution is -0.00307. The Morgan fingerprint density at radius 3 is 2.72 bits per heavy atom. The van der Waals surface area contributed by atoms with Gasteiger partial charge in [-0.3, -0.25) is 0 Å². The van der Waals surface area contributed by atoms with Gasteiger partial charge in [0.2, 0.25) is 0 Å². The second-order valence-electron chi connectivity index (χ2n) is 5.18. The molecule has 0 saturated heterocycles. The first-order valence-corrected chi connectivity index (χ1v) is 6.74. The third-order valence-corrected chi connectivity index (χ3v) is 4.17. The first-order valence-electron chi connectivity index (χ1n) is 6.36. The summed E-state index contributed by atoms with van der Waals surface area (Å²) in [5.74, 6) is -0.400. The molecular formula is C14H19ClFNO. The predicted molar refractivity (Wildman–Crippen MR) is 71.4 cm³/mol. The number of aliphatic hydroxyl groups is 1. The van der Waals surface area contributed by atoms with Crippen LogP contribution in [0.1, 0.15) is 31.2 Å². The largest absolute Gasteiger partial charge is 0.390 e. The van der Waals surface area contributed by atoms with Gasteiger partial charge in [-0.1, -0.05) is 23.7 Å². The smallest absolute Gasteiger partial charge is 0.145 e. The highest BCUT2D eigenvalue weighted by Crippen LogP contribution is 2.32. The van der Waals surface area contributed by atoms with Gasteiger partial charge in [-0.15, -0.1) is 0 Å². The van der Waals surface area contributed by atoms with Crippen molar-refractivity contribution >= 4 is 11.6 Å². The first-order chi connectivity index (χ1) is 8.54. The number of rotatable bonds is 3. The summed E-state index contributed by atoms with van der Waals surface area (Å²) in [6.07, 6.45) is 3.59. The summed E-state index contributed by atoms with van der Waals surface area (Å²) >= 11 is 5.76. The minimum Gasteiger partial charge on any atom is -0.390 e. The Hall–Kier alpha value is -0.640. The average Bonchev–Trinajstić information content (AvgIpc) is 2.36. The van der Waals surface area contributed by atoms with Gasteiger partial charge in [0.25, 0.3) is 0 Å². The molecular weight excluding hydrogens is 253 g/mol. The monoisotopic (exact) mass is 271 g/mol. The van der Waals surface area contributed by atoms with Gasteiger partial charge in [-0.05, 0) is 44.4 Å². The third-order valence-electron chi connectivity index (χ3n) is 3.88. The minimum atomic E-state index is -0.793. The molecule has 0 heterocycles. The average molecular weight is 272 g/mol. The van der Waals surface area contributed by atoms with E-state index in [1.807, 2.05) is 7.05 Å². The summed E-state index contributed by atoms with van der Waals surface area (Å²) in [6.45, 7) is 0. The first kappa shape index (κ1) is 13.8. The van der Waals surface area contributed by atoms with Crippen molar-refractivity contribution in [2.75, 3.05) is 7.05 Å². The van der Waals surface area contributed by atoms with Gasteiger partial charge < -0.3 is 10.4 Å². The maximum absolute atomic E-state index is 13.8. The Bertz CT molecular complexity index is 416. The fourth-order valence-corrected chi connectivity index (χ4v) is 2.85. The van der Waals surface area contributed by atoms with Crippen LogP contribution in [0.3, 0.4) is 0 Å². The van der Waals surface area contributed by atoms with Crippen LogP contribution in [0.4, 0.5) is 4.39 Å². The van der Waals surface area contributed by atoms with Crippen LogP contribution in [0.25, 0.3) is 0 Å². The standard InChI is InChI=1S/C14H19ClFNO/c1-17-11-5-7-14(18,8-6-11)9-10-3-2-4-12(15)13(10)16/h2-4,11,17-18H,5-9H2,1H3. The van der Waals surface area contributed by atoms with E-state index in [1.54, 1.807) is 12.1 Å². The molecule has 1 aliphatic rings. The number of benzene rings is 1. The maximum atomic E-state index is 13.8. The van der Waals surface area contributed by atoms with E-state index in [9.17, 15) is 9.50 Å². The van der Waals surface area contributed by atoms with Crippen LogP contribution >= 0.6 is 11.6 Å². The second kappa shape index (κ2) is 5.55. The van der Waals surface area contributed by atoms with Crippen LogP contribution in [-0.4, -0.2) is 23.8 Å². The molecule has 0 aromatic heterocycles. The summed E-state index contributed by atoms with van der Waals surface area (Å²) in [5, 5.41) is 13.9. The molecule has 0 amide bonds. The van der Waals surface area contributed by atoms with Crippen molar-refractivity contribution in [3.05, 3.63) is 34.6 Å². The molecule has 1 aliphatic carbocycles. The molecule has 100 valence electrons. The Kier molecular flexibility index (Phi) is 4.25. The van der Waals surface area contributed by atoms with Crippen molar-refractivity contribution in [3.63, 3.8) is 0 Å². The molecule has 2 rings (SSSR count). The normalized spacial score (nSPS) is 28.3. The molecule has 0 atom stereocenters. The molecule has 0 unspecified atom stereocenters. The number of nitrogens with one attached hydrogen (secondary N) is 1. The zero-order valence-corrected chi connectivity index (χ0v) is 11.3. The molecule has 0 bridgehead atoms. The molecule has 1 saturated carbocycles. The van der Waals surface area contributed by atoms with Gasteiger partial charge in [0.05, 0.1) is 10.6 Å². The zero-order chi connectivity index (χ0) is 13.2. The van der Waals surface area contributed by atoms with Crippen LogP contribution in [-0.2, 0) is 6.42 Å². The van der Waals surface area contributed by atoms with Gasteiger partial charge in [0.15, 0.2) is 0 Å². The van der Waals surface area contributed by atoms with Crippen LogP contribution in [0, 0.1) is 5.82 Å². The van der Waals surface area contributed by atoms with Gasteiger partial charge in [0.1, 0.15) is 5.82 Å². The van der Waals surface area contributed by atoms with E-state index in [0.717, 1.165) is 12.8 Å². The van der Waals surface area contributed by atoms with Crippen LogP contribution < -0.4 is 5.32 Å². The second-order valence-corrected chi connectivity index (χ2v) is 5.58. The van der Waals surface area contributed by atoms with E-state index in [4.69, 9.17) is 11.6 Å². The van der Waals surface area contributed by atoms with E-state index in [-0.39, 0.29) is 5.02 Å². The van der Waals surface area contributed by atoms with E-state index in [2.05, 4.69) is 5.32 Å². The van der Waals surface area contributed by atoms with Crippen molar-refractivity contribution < 1.29 is 9.50 Å². The molecule has 0 aliphatic heterocycles. The Labute approximate surface area is 112 Å². The lowest BCUT2D eigenvalue weighted by Gasteiger charge is -2.36. The van der Waals surface area contributed by atoms with E-state index in [1.165, 1.54) is 6.07 Å². The summed E-state index contributed by atoms with van der Waals surface area (Å²) in [7, 11) is 1.94. The molecule has 2 N–H and O–H groups in total. The van der Waals surface area contributed by atoms with Crippen molar-refractivity contribution in [3.8, 4) is 0 Å². The van der Waals surface area contributed by atoms with Crippen molar-refractivity contribution in [2.24, 2.45) is 0 Å². The van der Waals surface area contributed by atoms with Crippen molar-refractivity contribution in [2.45, 2.75) is 43.7 Å². The van der Waals surface area contributed by atoms with Gasteiger partial charge in [-0.2, -0.15) is 0 Å². The maximum Gasteiger partial charge on any atom is 0.145 e. The van der Waals surface area contributed by atoms with Crippen molar-refractivity contribution in [1.82, 2.24) is 5.32 Å². The molecule has 1 aromatic carbocycles. The molecule has 18 heavy (non-hydrogen) atoms. The van der Waals surface area contributed by atoms with Crippen molar-refractivity contribution in [1.29, 1.82) is 0 Å². The third kappa shape index (κ3) is 3.02. The minimum absolute atomic E-state index is 0.125. The Balaban J connectivity index is 2.07. The zero-order valence-electron chi connectivity index (χ0n) is 10.5. The number of halogens is 2. The van der Waals surface area contributed by atoms with Gasteiger partial charge in [-0.25, -0.2) is 4.39 Å². The van der Waals surface area contributed by atoms with Gasteiger partial charge in [0, 0.05) is 12.5 Å². The van der Waals surface area contributed by atoms with Crippen LogP contribution in [0.2, 0.25) is 5.02 Å². The SMILES string of the molecule is CNC1CCC(O)(Cc2cccc(Cl)c2F)CC1. The van der Waals surface area contributed by atoms with Crippen LogP contribution in [0.5, 0.6) is 0 Å². The number of hydrogen-bond acceptors (Lipinski definition) is 2. The molecule has 2 nitrogen and oxygen atoms in total. The molecule has 1 aromatic rings. The van der Waals surface area contributed by atoms with E-state index < -0.39 is 11.4 Å². The molecule has 1 fully saturated rings. The predicted octanol–water partition coefficient (Wildman–Crippen LogP) is 2.91. The van der Waals surface area contributed by atoms with E-state index >= 15 is 0 Å². The highest BCUT2D eigenvalue weighted by atomic mass is 35.5. The number of hydrogen-bond donors (Lipinski definition) is 2. The summed E-state index contributed by atoms with van der Waals surface area (Å²) < 4.78 is 13.8. The summed E-state index contributed by atoms with van der Waals surface area (Å²) in [5.41, 5.74) is -0.285. The lowest BCUT2D eigenvalue weighted by atomic mass is 9.78. The summed E-state index contributed by atoms with van der Waals surface area (Å²) in [6, 6.07) is 5.42. The lowest BCUT2D eigenvalue weighted by Crippen LogP contribution is -2.41. The topological polar surface area (TPSA) is 32.3 Å². The van der Waals surface area contributed by atoms with Crippen LogP contribution in [0.15, 0.2) is 18.2 Å². The van der Waals surface area contributed by atoms with E-state index in [0.29, 0.717) is 30.9 Å².